The Morgan fingerprint density at radius 2 is 1.89 bits per heavy atom. The van der Waals surface area contributed by atoms with E-state index in [9.17, 15) is 22.8 Å². The fourth-order valence-corrected chi connectivity index (χ4v) is 1.29. The molecular formula is C11H9F3O5. The van der Waals surface area contributed by atoms with Gasteiger partial charge in [0.05, 0.1) is 7.11 Å². The molecule has 1 aromatic carbocycles. The van der Waals surface area contributed by atoms with E-state index in [-0.39, 0.29) is 11.3 Å². The molecule has 19 heavy (non-hydrogen) atoms. The number of hydrogen-bond acceptors (Lipinski definition) is 4. The van der Waals surface area contributed by atoms with Gasteiger partial charge in [0.25, 0.3) is 0 Å². The Bertz CT molecular complexity index is 496. The van der Waals surface area contributed by atoms with Gasteiger partial charge in [-0.1, -0.05) is 0 Å². The number of carbonyl (C=O) groups is 2. The number of carboxylic acid groups (broad SMARTS) is 1. The summed E-state index contributed by atoms with van der Waals surface area (Å²) in [5, 5.41) is 8.44. The molecule has 5 nitrogen and oxygen atoms in total. The lowest BCUT2D eigenvalue weighted by Crippen LogP contribution is -2.18. The Balaban J connectivity index is 3.07. The predicted molar refractivity (Wildman–Crippen MR) is 56.3 cm³/mol. The topological polar surface area (TPSA) is 72.8 Å². The van der Waals surface area contributed by atoms with E-state index in [0.717, 1.165) is 25.3 Å². The van der Waals surface area contributed by atoms with Crippen LogP contribution < -0.4 is 9.47 Å². The highest BCUT2D eigenvalue weighted by atomic mass is 19.4. The van der Waals surface area contributed by atoms with Crippen molar-refractivity contribution in [2.45, 2.75) is 12.8 Å². The summed E-state index contributed by atoms with van der Waals surface area (Å²) in [4.78, 5) is 21.8. The Hall–Kier alpha value is -2.25. The molecule has 0 aliphatic carbocycles. The highest BCUT2D eigenvalue weighted by Gasteiger charge is 2.32. The SMILES string of the molecule is COc1ccc(C(=O)CC(=O)O)cc1OC(F)(F)F. The molecule has 0 unspecified atom stereocenters. The van der Waals surface area contributed by atoms with E-state index in [4.69, 9.17) is 5.11 Å². The molecule has 0 fully saturated rings. The minimum absolute atomic E-state index is 0.206. The standard InChI is InChI=1S/C11H9F3O5/c1-18-8-3-2-6(7(15)5-10(16)17)4-9(8)19-11(12,13)14/h2-4H,5H2,1H3,(H,16,17). The third-order valence-corrected chi connectivity index (χ3v) is 2.02. The number of ether oxygens (including phenoxy) is 2. The van der Waals surface area contributed by atoms with Gasteiger partial charge in [-0.15, -0.1) is 13.2 Å². The molecule has 0 spiro atoms. The Kier molecular flexibility index (Phi) is 4.36. The fourth-order valence-electron chi connectivity index (χ4n) is 1.29. The summed E-state index contributed by atoms with van der Waals surface area (Å²) < 4.78 is 44.8. The number of alkyl halides is 3. The zero-order chi connectivity index (χ0) is 14.6. The molecule has 0 saturated carbocycles. The van der Waals surface area contributed by atoms with Crippen LogP contribution in [0.2, 0.25) is 0 Å². The molecule has 8 heteroatoms. The van der Waals surface area contributed by atoms with Crippen molar-refractivity contribution in [2.24, 2.45) is 0 Å². The quantitative estimate of drug-likeness (QED) is 0.660. The molecule has 104 valence electrons. The van der Waals surface area contributed by atoms with Crippen LogP contribution in [0.1, 0.15) is 16.8 Å². The normalized spacial score (nSPS) is 10.9. The third-order valence-electron chi connectivity index (χ3n) is 2.02. The lowest BCUT2D eigenvalue weighted by atomic mass is 10.1. The van der Waals surface area contributed by atoms with Crippen LogP contribution in [0.3, 0.4) is 0 Å². The number of carbonyl (C=O) groups excluding carboxylic acids is 1. The smallest absolute Gasteiger partial charge is 0.493 e. The second-order valence-corrected chi connectivity index (χ2v) is 3.41. The molecule has 0 aliphatic rings. The molecule has 0 saturated heterocycles. The second-order valence-electron chi connectivity index (χ2n) is 3.41. The first kappa shape index (κ1) is 14.8. The largest absolute Gasteiger partial charge is 0.573 e. The minimum Gasteiger partial charge on any atom is -0.493 e. The first-order valence-electron chi connectivity index (χ1n) is 4.91. The van der Waals surface area contributed by atoms with Crippen LogP contribution in [0.15, 0.2) is 18.2 Å². The Morgan fingerprint density at radius 3 is 2.37 bits per heavy atom. The van der Waals surface area contributed by atoms with Gasteiger partial charge in [0.1, 0.15) is 6.42 Å². The molecule has 0 bridgehead atoms. The maximum absolute atomic E-state index is 12.1. The third kappa shape index (κ3) is 4.49. The summed E-state index contributed by atoms with van der Waals surface area (Å²) in [6.07, 6.45) is -5.76. The number of halogens is 3. The van der Waals surface area contributed by atoms with E-state index >= 15 is 0 Å². The summed E-state index contributed by atoms with van der Waals surface area (Å²) in [5.74, 6) is -3.13. The summed E-state index contributed by atoms with van der Waals surface area (Å²) in [6, 6.07) is 3.04. The molecule has 0 radical (unpaired) electrons. The predicted octanol–water partition coefficient (Wildman–Crippen LogP) is 2.25. The number of Topliss-reactive ketones (excluding diaryl/α,β-unsaturated/α-hetero) is 1. The number of ketones is 1. The zero-order valence-electron chi connectivity index (χ0n) is 9.65. The lowest BCUT2D eigenvalue weighted by molar-refractivity contribution is -0.275. The summed E-state index contributed by atoms with van der Waals surface area (Å²) >= 11 is 0. The van der Waals surface area contributed by atoms with Gasteiger partial charge in [-0.2, -0.15) is 0 Å². The molecular weight excluding hydrogens is 269 g/mol. The Morgan fingerprint density at radius 1 is 1.26 bits per heavy atom. The molecule has 0 aromatic heterocycles. The van der Waals surface area contributed by atoms with Gasteiger partial charge < -0.3 is 14.6 Å². The van der Waals surface area contributed by atoms with Crippen LogP contribution in [0.25, 0.3) is 0 Å². The van der Waals surface area contributed by atoms with Crippen LogP contribution >= 0.6 is 0 Å². The maximum Gasteiger partial charge on any atom is 0.573 e. The van der Waals surface area contributed by atoms with Gasteiger partial charge >= 0.3 is 12.3 Å². The number of methoxy groups -OCH3 is 1. The van der Waals surface area contributed by atoms with Gasteiger partial charge in [-0.3, -0.25) is 9.59 Å². The van der Waals surface area contributed by atoms with Crippen LogP contribution in [-0.2, 0) is 4.79 Å². The van der Waals surface area contributed by atoms with Gasteiger partial charge in [-0.25, -0.2) is 0 Å². The molecule has 0 heterocycles. The van der Waals surface area contributed by atoms with Crippen LogP contribution in [0.5, 0.6) is 11.5 Å². The number of carboxylic acids is 1. The molecule has 1 aromatic rings. The average molecular weight is 278 g/mol. The van der Waals surface area contributed by atoms with Crippen molar-refractivity contribution in [1.29, 1.82) is 0 Å². The van der Waals surface area contributed by atoms with Crippen molar-refractivity contribution in [3.05, 3.63) is 23.8 Å². The maximum atomic E-state index is 12.1. The molecule has 0 atom stereocenters. The van der Waals surface area contributed by atoms with Crippen LogP contribution in [0.4, 0.5) is 13.2 Å². The molecule has 1 rings (SSSR count). The van der Waals surface area contributed by atoms with Crippen molar-refractivity contribution in [3.8, 4) is 11.5 Å². The van der Waals surface area contributed by atoms with Crippen molar-refractivity contribution in [3.63, 3.8) is 0 Å². The highest BCUT2D eigenvalue weighted by Crippen LogP contribution is 2.33. The van der Waals surface area contributed by atoms with Crippen molar-refractivity contribution >= 4 is 11.8 Å². The average Bonchev–Trinajstić information content (AvgIpc) is 2.25. The molecule has 1 N–H and O–H groups in total. The Labute approximate surface area is 105 Å². The van der Waals surface area contributed by atoms with E-state index in [1.807, 2.05) is 0 Å². The second kappa shape index (κ2) is 5.59. The summed E-state index contributed by atoms with van der Waals surface area (Å²) in [7, 11) is 1.14. The van der Waals surface area contributed by atoms with Crippen molar-refractivity contribution in [2.75, 3.05) is 7.11 Å². The zero-order valence-corrected chi connectivity index (χ0v) is 9.65. The lowest BCUT2D eigenvalue weighted by Gasteiger charge is -2.13. The summed E-state index contributed by atoms with van der Waals surface area (Å²) in [5.41, 5.74) is -0.206. The van der Waals surface area contributed by atoms with Crippen LogP contribution in [-0.4, -0.2) is 30.3 Å². The number of aliphatic carboxylic acids is 1. The summed E-state index contributed by atoms with van der Waals surface area (Å²) in [6.45, 7) is 0. The molecule has 0 aliphatic heterocycles. The fraction of sp³-hybridized carbons (Fsp3) is 0.273. The van der Waals surface area contributed by atoms with Crippen LogP contribution in [0, 0.1) is 0 Å². The van der Waals surface area contributed by atoms with Gasteiger partial charge in [0.15, 0.2) is 17.3 Å². The van der Waals surface area contributed by atoms with Gasteiger partial charge in [0.2, 0.25) is 0 Å². The van der Waals surface area contributed by atoms with Crippen molar-refractivity contribution in [1.82, 2.24) is 0 Å². The number of rotatable bonds is 5. The van der Waals surface area contributed by atoms with E-state index < -0.39 is 30.3 Å². The van der Waals surface area contributed by atoms with E-state index in [2.05, 4.69) is 9.47 Å². The first-order valence-corrected chi connectivity index (χ1v) is 4.91. The van der Waals surface area contributed by atoms with Gasteiger partial charge in [-0.05, 0) is 18.2 Å². The van der Waals surface area contributed by atoms with E-state index in [0.29, 0.717) is 0 Å². The van der Waals surface area contributed by atoms with E-state index in [1.54, 1.807) is 0 Å². The minimum atomic E-state index is -4.94. The number of benzene rings is 1. The monoisotopic (exact) mass is 278 g/mol. The highest BCUT2D eigenvalue weighted by molar-refractivity contribution is 6.05. The number of hydrogen-bond donors (Lipinski definition) is 1. The van der Waals surface area contributed by atoms with E-state index in [1.165, 1.54) is 0 Å². The van der Waals surface area contributed by atoms with Gasteiger partial charge in [0, 0.05) is 5.56 Å². The van der Waals surface area contributed by atoms with Crippen molar-refractivity contribution < 1.29 is 37.3 Å². The molecule has 0 amide bonds. The first-order chi connectivity index (χ1) is 8.73.